The summed E-state index contributed by atoms with van der Waals surface area (Å²) in [7, 11) is -9.15. The second-order valence-electron chi connectivity index (χ2n) is 21.8. The molecule has 11 heteroatoms. The van der Waals surface area contributed by atoms with Crippen molar-refractivity contribution in [2.24, 2.45) is 11.8 Å². The van der Waals surface area contributed by atoms with Crippen molar-refractivity contribution in [1.82, 2.24) is 0 Å². The minimum Gasteiger partial charge on any atom is -0.726 e. The van der Waals surface area contributed by atoms with E-state index >= 15 is 0 Å². The molecule has 0 fully saturated rings. The zero-order valence-corrected chi connectivity index (χ0v) is 52.0. The number of hydrogen-bond acceptors (Lipinski definition) is 8. The molecule has 0 aliphatic heterocycles. The van der Waals surface area contributed by atoms with Gasteiger partial charge in [0.1, 0.15) is 0 Å². The van der Waals surface area contributed by atoms with Gasteiger partial charge < -0.3 is 9.11 Å². The van der Waals surface area contributed by atoms with Gasteiger partial charge in [-0.15, -0.1) is 0 Å². The Kier molecular flexibility index (Phi) is 66.4. The molecule has 0 spiro atoms. The Hall–Kier alpha value is 1.000. The third-order valence-corrected chi connectivity index (χ3v) is 15.6. The number of hydrogen-bond donors (Lipinski definition) is 0. The van der Waals surface area contributed by atoms with Crippen molar-refractivity contribution in [2.75, 3.05) is 13.2 Å². The first kappa shape index (κ1) is 76.2. The molecule has 0 aromatic heterocycles. The fourth-order valence-electron chi connectivity index (χ4n) is 10.1. The van der Waals surface area contributed by atoms with Crippen molar-refractivity contribution in [3.63, 3.8) is 0 Å². The Balaban J connectivity index is -0.00000128. The van der Waals surface area contributed by atoms with Gasteiger partial charge in [0.25, 0.3) is 0 Å². The topological polar surface area (TPSA) is 133 Å². The van der Waals surface area contributed by atoms with Gasteiger partial charge in [-0.2, -0.15) is 0 Å². The second-order valence-corrected chi connectivity index (χ2v) is 23.9. The second kappa shape index (κ2) is 61.8. The van der Waals surface area contributed by atoms with Crippen LogP contribution in [0.1, 0.15) is 362 Å². The van der Waals surface area contributed by atoms with Gasteiger partial charge >= 0.3 is 37.7 Å². The Morgan fingerprint density at radius 1 is 0.254 bits per heavy atom. The van der Waals surface area contributed by atoms with E-state index in [9.17, 15) is 25.9 Å². The Bertz CT molecular complexity index is 1110. The SMILES string of the molecule is CCCCCCCCCCCCCCCCCCCCC(CCCCCCCC)COS(=O)(=O)[O-].CCCCCCCCCCCCCCCCCCCCC(CCCCCCCC)COS(=O)(=O)[O-].[Ca+2]. The van der Waals surface area contributed by atoms with E-state index in [-0.39, 0.29) is 62.8 Å². The molecular weight excluding hydrogens is 953 g/mol. The molecule has 0 aromatic rings. The fourth-order valence-corrected chi connectivity index (χ4v) is 10.8. The zero-order valence-electron chi connectivity index (χ0n) is 48.1. The molecule has 2 unspecified atom stereocenters. The van der Waals surface area contributed by atoms with Gasteiger partial charge in [0, 0.05) is 0 Å². The van der Waals surface area contributed by atoms with E-state index in [0.717, 1.165) is 51.4 Å². The summed E-state index contributed by atoms with van der Waals surface area (Å²) in [6.07, 6.45) is 67.8. The summed E-state index contributed by atoms with van der Waals surface area (Å²) in [5.74, 6) is 0.400. The van der Waals surface area contributed by atoms with Crippen LogP contribution in [0.5, 0.6) is 0 Å². The van der Waals surface area contributed by atoms with Gasteiger partial charge in [-0.05, 0) is 37.5 Å². The van der Waals surface area contributed by atoms with Crippen molar-refractivity contribution in [2.45, 2.75) is 362 Å². The largest absolute Gasteiger partial charge is 2.00 e. The van der Waals surface area contributed by atoms with Gasteiger partial charge in [0.2, 0.25) is 20.8 Å². The molecule has 0 aliphatic carbocycles. The van der Waals surface area contributed by atoms with Crippen LogP contribution in [0.25, 0.3) is 0 Å². The van der Waals surface area contributed by atoms with E-state index in [1.54, 1.807) is 0 Å². The molecule has 2 atom stereocenters. The quantitative estimate of drug-likeness (QED) is 0.0254. The Labute approximate surface area is 475 Å². The maximum absolute atomic E-state index is 10.8. The van der Waals surface area contributed by atoms with Gasteiger partial charge in [-0.25, -0.2) is 16.8 Å². The molecule has 0 aromatic carbocycles. The molecule has 0 N–H and O–H groups in total. The standard InChI is InChI=1S/2C30H62O4S.Ca/c2*1-3-5-7-9-11-12-13-14-15-16-17-18-19-20-21-22-24-26-28-30(29-34-35(31,32)33)27-25-23-10-8-6-4-2;/h2*30H,3-29H2,1-2H3,(H,31,32,33);/q;;+2/p-2. The van der Waals surface area contributed by atoms with E-state index in [4.69, 9.17) is 0 Å². The molecule has 0 aliphatic rings. The van der Waals surface area contributed by atoms with Gasteiger partial charge in [0.15, 0.2) is 0 Å². The molecule has 0 heterocycles. The van der Waals surface area contributed by atoms with E-state index in [1.807, 2.05) is 0 Å². The first-order valence-corrected chi connectivity index (χ1v) is 33.9. The molecule has 0 bridgehead atoms. The molecule has 0 rings (SSSR count). The smallest absolute Gasteiger partial charge is 0.726 e. The maximum atomic E-state index is 10.8. The number of unbranched alkanes of at least 4 members (excludes halogenated alkanes) is 44. The summed E-state index contributed by atoms with van der Waals surface area (Å²) in [5, 5.41) is 0. The molecule has 0 saturated carbocycles. The van der Waals surface area contributed by atoms with Crippen molar-refractivity contribution in [1.29, 1.82) is 0 Å². The van der Waals surface area contributed by atoms with E-state index in [2.05, 4.69) is 36.1 Å². The molecule has 8 nitrogen and oxygen atoms in total. The van der Waals surface area contributed by atoms with E-state index in [0.29, 0.717) is 0 Å². The molecule has 0 saturated heterocycles. The van der Waals surface area contributed by atoms with Crippen molar-refractivity contribution in [3.8, 4) is 0 Å². The summed E-state index contributed by atoms with van der Waals surface area (Å²) in [4.78, 5) is 0. The first-order chi connectivity index (χ1) is 34.0. The van der Waals surface area contributed by atoms with Crippen LogP contribution in [0.4, 0.5) is 0 Å². The zero-order chi connectivity index (χ0) is 51.8. The van der Waals surface area contributed by atoms with Gasteiger partial charge in [-0.1, -0.05) is 336 Å². The van der Waals surface area contributed by atoms with Crippen molar-refractivity contribution in [3.05, 3.63) is 0 Å². The van der Waals surface area contributed by atoms with Crippen LogP contribution in [-0.4, -0.2) is 76.9 Å². The van der Waals surface area contributed by atoms with Gasteiger partial charge in [-0.3, -0.25) is 8.37 Å². The third kappa shape index (κ3) is 71.0. The van der Waals surface area contributed by atoms with Crippen LogP contribution < -0.4 is 0 Å². The summed E-state index contributed by atoms with van der Waals surface area (Å²) in [5.41, 5.74) is 0. The maximum Gasteiger partial charge on any atom is 2.00 e. The molecule has 0 amide bonds. The van der Waals surface area contributed by atoms with Crippen LogP contribution in [0, 0.1) is 11.8 Å². The van der Waals surface area contributed by atoms with Crippen LogP contribution in [0.3, 0.4) is 0 Å². The first-order valence-electron chi connectivity index (χ1n) is 31.2. The normalized spacial score (nSPS) is 12.7. The third-order valence-electron chi connectivity index (χ3n) is 14.8. The monoisotopic (exact) mass is 1070 g/mol. The minimum absolute atomic E-state index is 0. The van der Waals surface area contributed by atoms with Crippen molar-refractivity contribution >= 4 is 58.5 Å². The predicted molar refractivity (Wildman–Crippen MR) is 307 cm³/mol. The van der Waals surface area contributed by atoms with E-state index in [1.165, 1.54) is 283 Å². The molecule has 71 heavy (non-hydrogen) atoms. The predicted octanol–water partition coefficient (Wildman–Crippen LogP) is 20.1. The van der Waals surface area contributed by atoms with Crippen molar-refractivity contribution < 1.29 is 34.3 Å². The Morgan fingerprint density at radius 3 is 0.507 bits per heavy atom. The van der Waals surface area contributed by atoms with Crippen LogP contribution in [-0.2, 0) is 29.2 Å². The molecular formula is C60H122CaO8S2. The summed E-state index contributed by atoms with van der Waals surface area (Å²) >= 11 is 0. The average molecular weight is 1080 g/mol. The Morgan fingerprint density at radius 2 is 0.380 bits per heavy atom. The summed E-state index contributed by atoms with van der Waals surface area (Å²) in [6, 6.07) is 0. The molecule has 424 valence electrons. The summed E-state index contributed by atoms with van der Waals surface area (Å²) < 4.78 is 74.3. The van der Waals surface area contributed by atoms with Gasteiger partial charge in [0.05, 0.1) is 13.2 Å². The van der Waals surface area contributed by atoms with Crippen LogP contribution in [0.15, 0.2) is 0 Å². The average Bonchev–Trinajstić information content (AvgIpc) is 3.32. The van der Waals surface area contributed by atoms with E-state index < -0.39 is 20.8 Å². The minimum atomic E-state index is -4.57. The van der Waals surface area contributed by atoms with Crippen LogP contribution in [0.2, 0.25) is 0 Å². The fraction of sp³-hybridized carbons (Fsp3) is 1.00. The number of rotatable bonds is 58. The molecule has 0 radical (unpaired) electrons. The van der Waals surface area contributed by atoms with Crippen LogP contribution >= 0.6 is 0 Å². The summed E-state index contributed by atoms with van der Waals surface area (Å²) in [6.45, 7) is 9.14.